The maximum absolute atomic E-state index is 12.7. The number of anilines is 1. The van der Waals surface area contributed by atoms with E-state index >= 15 is 0 Å². The molecule has 0 bridgehead atoms. The smallest absolute Gasteiger partial charge is 0.366 e. The first kappa shape index (κ1) is 19.9. The highest BCUT2D eigenvalue weighted by molar-refractivity contribution is 7.12. The van der Waals surface area contributed by atoms with Gasteiger partial charge in [-0.3, -0.25) is 4.79 Å². The summed E-state index contributed by atoms with van der Waals surface area (Å²) in [6, 6.07) is 9.70. The van der Waals surface area contributed by atoms with Crippen LogP contribution in [-0.2, 0) is 6.18 Å². The quantitative estimate of drug-likeness (QED) is 0.496. The van der Waals surface area contributed by atoms with Gasteiger partial charge < -0.3 is 11.1 Å². The van der Waals surface area contributed by atoms with E-state index in [1.54, 1.807) is 29.8 Å². The van der Waals surface area contributed by atoms with Crippen LogP contribution >= 0.6 is 11.3 Å². The molecule has 3 N–H and O–H groups in total. The Morgan fingerprint density at radius 2 is 1.90 bits per heavy atom. The molecule has 0 aliphatic heterocycles. The zero-order valence-electron chi connectivity index (χ0n) is 15.6. The minimum Gasteiger partial charge on any atom is -0.366 e. The summed E-state index contributed by atoms with van der Waals surface area (Å²) in [4.78, 5) is 17.1. The van der Waals surface area contributed by atoms with E-state index in [1.807, 2.05) is 11.4 Å². The lowest BCUT2D eigenvalue weighted by molar-refractivity contribution is -0.137. The average molecular weight is 431 g/mol. The summed E-state index contributed by atoms with van der Waals surface area (Å²) in [5.41, 5.74) is 7.76. The van der Waals surface area contributed by atoms with E-state index in [0.717, 1.165) is 23.3 Å². The molecule has 0 aliphatic carbocycles. The second-order valence-electron chi connectivity index (χ2n) is 6.71. The van der Waals surface area contributed by atoms with Crippen LogP contribution in [0.15, 0.2) is 54.0 Å². The molecular formula is C20H16F3N5OS. The number of alkyl halides is 3. The Morgan fingerprint density at radius 1 is 1.17 bits per heavy atom. The van der Waals surface area contributed by atoms with Crippen LogP contribution in [0.1, 0.15) is 33.8 Å². The molecule has 4 rings (SSSR count). The molecule has 154 valence electrons. The van der Waals surface area contributed by atoms with Crippen LogP contribution in [0.4, 0.5) is 19.1 Å². The van der Waals surface area contributed by atoms with Crippen LogP contribution in [0.5, 0.6) is 0 Å². The van der Waals surface area contributed by atoms with Gasteiger partial charge in [0.05, 0.1) is 16.5 Å². The Bertz CT molecular complexity index is 1210. The third-order valence-electron chi connectivity index (χ3n) is 4.59. The molecule has 1 aromatic carbocycles. The fourth-order valence-corrected chi connectivity index (χ4v) is 3.81. The van der Waals surface area contributed by atoms with E-state index in [-0.39, 0.29) is 11.9 Å². The fraction of sp³-hybridized carbons (Fsp3) is 0.150. The summed E-state index contributed by atoms with van der Waals surface area (Å²) in [5, 5.41) is 8.73. The third kappa shape index (κ3) is 3.99. The fourth-order valence-electron chi connectivity index (χ4n) is 2.99. The van der Waals surface area contributed by atoms with Gasteiger partial charge in [-0.2, -0.15) is 18.2 Å². The van der Waals surface area contributed by atoms with Gasteiger partial charge in [0.15, 0.2) is 5.65 Å². The lowest BCUT2D eigenvalue weighted by atomic mass is 10.1. The van der Waals surface area contributed by atoms with E-state index in [2.05, 4.69) is 15.4 Å². The number of nitrogens with two attached hydrogens (primary N) is 1. The molecule has 0 spiro atoms. The monoisotopic (exact) mass is 431 g/mol. The predicted octanol–water partition coefficient (Wildman–Crippen LogP) is 4.55. The molecule has 30 heavy (non-hydrogen) atoms. The first-order valence-electron chi connectivity index (χ1n) is 8.89. The summed E-state index contributed by atoms with van der Waals surface area (Å²) in [7, 11) is 0. The lowest BCUT2D eigenvalue weighted by Gasteiger charge is -2.15. The Morgan fingerprint density at radius 3 is 2.60 bits per heavy atom. The van der Waals surface area contributed by atoms with Crippen molar-refractivity contribution in [1.82, 2.24) is 19.9 Å². The summed E-state index contributed by atoms with van der Waals surface area (Å²) >= 11 is 1.28. The number of benzene rings is 1. The summed E-state index contributed by atoms with van der Waals surface area (Å²) < 4.78 is 39.7. The normalized spacial score (nSPS) is 12.8. The number of nitrogen functional groups attached to an aromatic ring is 1. The number of nitrogens with one attached hydrogen (secondary N) is 1. The van der Waals surface area contributed by atoms with Crippen molar-refractivity contribution in [3.8, 4) is 11.1 Å². The van der Waals surface area contributed by atoms with Gasteiger partial charge in [0.25, 0.3) is 5.91 Å². The van der Waals surface area contributed by atoms with Crippen molar-refractivity contribution in [1.29, 1.82) is 0 Å². The second-order valence-corrected chi connectivity index (χ2v) is 7.62. The summed E-state index contributed by atoms with van der Waals surface area (Å²) in [5.74, 6) is -0.125. The van der Waals surface area contributed by atoms with Gasteiger partial charge in [-0.05, 0) is 53.8 Å². The van der Waals surface area contributed by atoms with Gasteiger partial charge in [0.2, 0.25) is 5.95 Å². The minimum absolute atomic E-state index is 0.176. The van der Waals surface area contributed by atoms with E-state index in [9.17, 15) is 18.0 Å². The topological polar surface area (TPSA) is 85.3 Å². The molecule has 0 radical (unpaired) electrons. The summed E-state index contributed by atoms with van der Waals surface area (Å²) in [6.07, 6.45) is -2.62. The van der Waals surface area contributed by atoms with Crippen LogP contribution in [0, 0.1) is 0 Å². The molecule has 10 heteroatoms. The van der Waals surface area contributed by atoms with Crippen molar-refractivity contribution in [2.24, 2.45) is 0 Å². The van der Waals surface area contributed by atoms with Crippen LogP contribution in [-0.4, -0.2) is 20.5 Å². The van der Waals surface area contributed by atoms with E-state index in [4.69, 9.17) is 5.73 Å². The number of hydrogen-bond acceptors (Lipinski definition) is 5. The molecule has 0 aliphatic rings. The Labute approximate surface area is 173 Å². The van der Waals surface area contributed by atoms with Gasteiger partial charge in [-0.1, -0.05) is 12.1 Å². The molecule has 1 atom stereocenters. The number of rotatable bonds is 4. The van der Waals surface area contributed by atoms with E-state index in [0.29, 0.717) is 16.1 Å². The maximum Gasteiger partial charge on any atom is 0.416 e. The zero-order valence-corrected chi connectivity index (χ0v) is 16.5. The summed E-state index contributed by atoms with van der Waals surface area (Å²) in [6.45, 7) is 1.72. The zero-order chi connectivity index (χ0) is 21.5. The van der Waals surface area contributed by atoms with Crippen LogP contribution in [0.25, 0.3) is 16.8 Å². The number of fused-ring (bicyclic) bond motifs is 1. The molecule has 6 nitrogen and oxygen atoms in total. The molecule has 0 fully saturated rings. The Balaban J connectivity index is 1.48. The van der Waals surface area contributed by atoms with Crippen LogP contribution < -0.4 is 11.1 Å². The van der Waals surface area contributed by atoms with Crippen molar-refractivity contribution < 1.29 is 18.0 Å². The van der Waals surface area contributed by atoms with Crippen molar-refractivity contribution in [2.75, 3.05) is 5.73 Å². The van der Waals surface area contributed by atoms with Crippen LogP contribution in [0.2, 0.25) is 0 Å². The van der Waals surface area contributed by atoms with Crippen LogP contribution in [0.3, 0.4) is 0 Å². The second kappa shape index (κ2) is 7.45. The molecular weight excluding hydrogens is 415 g/mol. The number of aromatic nitrogens is 3. The number of hydrogen-bond donors (Lipinski definition) is 2. The minimum atomic E-state index is -4.39. The highest BCUT2D eigenvalue weighted by atomic mass is 32.1. The third-order valence-corrected chi connectivity index (χ3v) is 5.52. The van der Waals surface area contributed by atoms with Crippen molar-refractivity contribution >= 4 is 28.8 Å². The molecule has 3 aromatic heterocycles. The lowest BCUT2D eigenvalue weighted by Crippen LogP contribution is -2.25. The Kier molecular flexibility index (Phi) is 4.94. The van der Waals surface area contributed by atoms with E-state index < -0.39 is 17.8 Å². The van der Waals surface area contributed by atoms with Gasteiger partial charge in [-0.15, -0.1) is 16.4 Å². The van der Waals surface area contributed by atoms with Gasteiger partial charge in [0, 0.05) is 11.8 Å². The molecule has 0 saturated carbocycles. The largest absolute Gasteiger partial charge is 0.416 e. The van der Waals surface area contributed by atoms with E-state index in [1.165, 1.54) is 23.5 Å². The Hall–Kier alpha value is -3.40. The van der Waals surface area contributed by atoms with Crippen molar-refractivity contribution in [2.45, 2.75) is 19.1 Å². The molecule has 0 saturated heterocycles. The molecule has 0 unspecified atom stereocenters. The predicted molar refractivity (Wildman–Crippen MR) is 108 cm³/mol. The molecule has 4 aromatic rings. The number of carbonyl (C=O) groups excluding carboxylic acids is 1. The van der Waals surface area contributed by atoms with Crippen molar-refractivity contribution in [3.05, 3.63) is 70.0 Å². The first-order chi connectivity index (χ1) is 14.2. The van der Waals surface area contributed by atoms with Gasteiger partial charge in [0.1, 0.15) is 0 Å². The molecule has 3 heterocycles. The highest BCUT2D eigenvalue weighted by Crippen LogP contribution is 2.30. The standard InChI is InChI=1S/C20H16F3N5OS/c1-11(12-2-5-15(6-3-12)20(21,22)23)25-18(29)16-8-14(10-30-16)13-4-7-17-26-19(24)27-28(17)9-13/h2-11H,1H3,(H2,24,27)(H,25,29)/t11-/m0/s1. The van der Waals surface area contributed by atoms with Gasteiger partial charge >= 0.3 is 6.18 Å². The first-order valence-corrected chi connectivity index (χ1v) is 9.77. The number of pyridine rings is 1. The molecule has 1 amide bonds. The number of halogens is 3. The number of nitrogens with zero attached hydrogens (tertiary/aromatic N) is 3. The number of thiophene rings is 1. The van der Waals surface area contributed by atoms with Gasteiger partial charge in [-0.25, -0.2) is 4.52 Å². The average Bonchev–Trinajstić information content (AvgIpc) is 3.32. The SMILES string of the molecule is C[C@H](NC(=O)c1cc(-c2ccc3nc(N)nn3c2)cs1)c1ccc(C(F)(F)F)cc1. The maximum atomic E-state index is 12.7. The number of carbonyl (C=O) groups is 1. The number of amides is 1. The highest BCUT2D eigenvalue weighted by Gasteiger charge is 2.30. The van der Waals surface area contributed by atoms with Crippen molar-refractivity contribution in [3.63, 3.8) is 0 Å².